The van der Waals surface area contributed by atoms with E-state index in [-0.39, 0.29) is 12.0 Å². The molecule has 2 N–H and O–H groups in total. The highest BCUT2D eigenvalue weighted by Gasteiger charge is 2.46. The first kappa shape index (κ1) is 20.2. The molecule has 2 bridgehead atoms. The van der Waals surface area contributed by atoms with Gasteiger partial charge in [-0.05, 0) is 50.9 Å². The molecule has 4 nitrogen and oxygen atoms in total. The van der Waals surface area contributed by atoms with Gasteiger partial charge in [0.1, 0.15) is 0 Å². The summed E-state index contributed by atoms with van der Waals surface area (Å²) in [5.74, 6) is 1.13. The van der Waals surface area contributed by atoms with E-state index in [0.29, 0.717) is 30.5 Å². The summed E-state index contributed by atoms with van der Waals surface area (Å²) in [6, 6.07) is 0. The predicted octanol–water partition coefficient (Wildman–Crippen LogP) is 3.75. The average molecular weight is 350 g/mol. The van der Waals surface area contributed by atoms with Crippen molar-refractivity contribution in [3.63, 3.8) is 0 Å². The van der Waals surface area contributed by atoms with Crippen LogP contribution in [0.15, 0.2) is 24.3 Å². The fourth-order valence-electron chi connectivity index (χ4n) is 3.88. The Morgan fingerprint density at radius 2 is 2.08 bits per heavy atom. The molecule has 0 spiro atoms. The summed E-state index contributed by atoms with van der Waals surface area (Å²) in [4.78, 5) is 11.5. The Balaban J connectivity index is 1.71. The molecule has 2 saturated heterocycles. The Kier molecular flexibility index (Phi) is 8.70. The van der Waals surface area contributed by atoms with Crippen LogP contribution < -0.4 is 5.32 Å². The third-order valence-corrected chi connectivity index (χ3v) is 5.38. The van der Waals surface area contributed by atoms with E-state index in [1.165, 1.54) is 6.42 Å². The van der Waals surface area contributed by atoms with E-state index in [1.54, 1.807) is 0 Å². The number of hydrogen-bond donors (Lipinski definition) is 2. The fourth-order valence-corrected chi connectivity index (χ4v) is 3.88. The van der Waals surface area contributed by atoms with Crippen molar-refractivity contribution in [3.05, 3.63) is 24.3 Å². The Labute approximate surface area is 152 Å². The smallest absolute Gasteiger partial charge is 0.220 e. The van der Waals surface area contributed by atoms with Crippen molar-refractivity contribution in [1.82, 2.24) is 5.32 Å². The number of carbonyl (C=O) groups is 1. The Morgan fingerprint density at radius 3 is 2.84 bits per heavy atom. The van der Waals surface area contributed by atoms with Gasteiger partial charge in [0.05, 0.1) is 18.3 Å². The number of unbranched alkanes of at least 4 members (excludes halogenated alkanes) is 1. The van der Waals surface area contributed by atoms with Crippen LogP contribution in [-0.4, -0.2) is 35.9 Å². The number of amides is 1. The number of aliphatic hydroxyl groups is 1. The number of nitrogens with one attached hydrogen (secondary N) is 1. The third-order valence-electron chi connectivity index (χ3n) is 5.38. The van der Waals surface area contributed by atoms with Gasteiger partial charge in [-0.25, -0.2) is 0 Å². The summed E-state index contributed by atoms with van der Waals surface area (Å²) in [6.07, 6.45) is 16.5. The summed E-state index contributed by atoms with van der Waals surface area (Å²) < 4.78 is 6.09. The monoisotopic (exact) mass is 349 g/mol. The number of allylic oxidation sites excluding steroid dienone is 2. The lowest BCUT2D eigenvalue weighted by atomic mass is 9.77. The zero-order valence-corrected chi connectivity index (χ0v) is 15.8. The zero-order chi connectivity index (χ0) is 18.1. The number of fused-ring (bicyclic) bond motifs is 2. The van der Waals surface area contributed by atoms with Crippen LogP contribution in [0.4, 0.5) is 0 Å². The molecule has 5 unspecified atom stereocenters. The zero-order valence-electron chi connectivity index (χ0n) is 15.8. The van der Waals surface area contributed by atoms with Gasteiger partial charge in [-0.1, -0.05) is 38.2 Å². The second-order valence-corrected chi connectivity index (χ2v) is 7.34. The van der Waals surface area contributed by atoms with Crippen LogP contribution in [0.1, 0.15) is 65.2 Å². The molecule has 0 radical (unpaired) electrons. The molecular weight excluding hydrogens is 314 g/mol. The van der Waals surface area contributed by atoms with Crippen molar-refractivity contribution in [1.29, 1.82) is 0 Å². The second kappa shape index (κ2) is 10.8. The van der Waals surface area contributed by atoms with Crippen LogP contribution in [0.2, 0.25) is 0 Å². The molecule has 2 fully saturated rings. The highest BCUT2D eigenvalue weighted by Crippen LogP contribution is 2.45. The fraction of sp³-hybridized carbons (Fsp3) is 0.762. The second-order valence-electron chi connectivity index (χ2n) is 7.34. The van der Waals surface area contributed by atoms with E-state index in [9.17, 15) is 9.90 Å². The summed E-state index contributed by atoms with van der Waals surface area (Å²) >= 11 is 0. The first-order valence-corrected chi connectivity index (χ1v) is 10.1. The van der Waals surface area contributed by atoms with Gasteiger partial charge in [0.2, 0.25) is 5.91 Å². The Hall–Kier alpha value is -1.13. The minimum atomic E-state index is -0.339. The van der Waals surface area contributed by atoms with Crippen molar-refractivity contribution in [3.8, 4) is 0 Å². The molecule has 1 amide bonds. The lowest BCUT2D eigenvalue weighted by Crippen LogP contribution is -2.25. The first-order valence-electron chi connectivity index (χ1n) is 10.1. The lowest BCUT2D eigenvalue weighted by Gasteiger charge is -2.24. The molecular formula is C21H35NO3. The van der Waals surface area contributed by atoms with E-state index in [4.69, 9.17) is 4.74 Å². The van der Waals surface area contributed by atoms with Crippen molar-refractivity contribution < 1.29 is 14.6 Å². The number of carbonyl (C=O) groups excluding carboxylic acids is 1. The van der Waals surface area contributed by atoms with Crippen LogP contribution in [-0.2, 0) is 9.53 Å². The van der Waals surface area contributed by atoms with Gasteiger partial charge >= 0.3 is 0 Å². The minimum absolute atomic E-state index is 0.163. The SMILES string of the molecule is CCCNC(=O)CCC/C=C/CC1C2CCC(O2)C1/C=C/C(O)CC. The summed E-state index contributed by atoms with van der Waals surface area (Å²) in [6.45, 7) is 4.84. The van der Waals surface area contributed by atoms with Gasteiger partial charge < -0.3 is 15.2 Å². The van der Waals surface area contributed by atoms with E-state index in [2.05, 4.69) is 30.5 Å². The molecule has 2 aliphatic rings. The van der Waals surface area contributed by atoms with Gasteiger partial charge in [0.25, 0.3) is 0 Å². The van der Waals surface area contributed by atoms with Crippen LogP contribution >= 0.6 is 0 Å². The van der Waals surface area contributed by atoms with Crippen LogP contribution in [0.5, 0.6) is 0 Å². The molecule has 25 heavy (non-hydrogen) atoms. The molecule has 0 aliphatic carbocycles. The van der Waals surface area contributed by atoms with Crippen molar-refractivity contribution >= 4 is 5.91 Å². The molecule has 5 atom stereocenters. The van der Waals surface area contributed by atoms with Gasteiger partial charge in [-0.2, -0.15) is 0 Å². The number of hydrogen-bond acceptors (Lipinski definition) is 3. The maximum atomic E-state index is 11.5. The largest absolute Gasteiger partial charge is 0.389 e. The molecule has 0 saturated carbocycles. The van der Waals surface area contributed by atoms with E-state index in [0.717, 1.165) is 45.1 Å². The maximum absolute atomic E-state index is 11.5. The average Bonchev–Trinajstić information content (AvgIpc) is 3.22. The predicted molar refractivity (Wildman–Crippen MR) is 101 cm³/mol. The number of ether oxygens (including phenoxy) is 1. The normalized spacial score (nSPS) is 29.7. The van der Waals surface area contributed by atoms with Gasteiger partial charge in [-0.3, -0.25) is 4.79 Å². The van der Waals surface area contributed by atoms with Gasteiger partial charge in [-0.15, -0.1) is 0 Å². The highest BCUT2D eigenvalue weighted by atomic mass is 16.5. The summed E-state index contributed by atoms with van der Waals surface area (Å²) in [7, 11) is 0. The topological polar surface area (TPSA) is 58.6 Å². The van der Waals surface area contributed by atoms with Crippen LogP contribution in [0, 0.1) is 11.8 Å². The molecule has 0 aromatic rings. The third kappa shape index (κ3) is 6.27. The van der Waals surface area contributed by atoms with Crippen molar-refractivity contribution in [2.24, 2.45) is 11.8 Å². The number of aliphatic hydroxyl groups excluding tert-OH is 1. The first-order chi connectivity index (χ1) is 12.2. The quantitative estimate of drug-likeness (QED) is 0.441. The van der Waals surface area contributed by atoms with Crippen LogP contribution in [0.3, 0.4) is 0 Å². The summed E-state index contributed by atoms with van der Waals surface area (Å²) in [5, 5.41) is 12.7. The highest BCUT2D eigenvalue weighted by molar-refractivity contribution is 5.75. The molecule has 0 aromatic carbocycles. The standard InChI is InChI=1S/C21H35NO3/c1-3-15-22-21(24)10-8-6-5-7-9-17-18(12-11-16(23)4-2)20-14-13-19(17)25-20/h5,7,11-12,16-20,23H,3-4,6,8-10,13-15H2,1-2H3,(H,22,24)/b7-5+,12-11+. The van der Waals surface area contributed by atoms with Crippen LogP contribution in [0.25, 0.3) is 0 Å². The summed E-state index contributed by atoms with van der Waals surface area (Å²) in [5.41, 5.74) is 0. The molecule has 4 heteroatoms. The van der Waals surface area contributed by atoms with Gasteiger partial charge in [0.15, 0.2) is 0 Å². The molecule has 0 aromatic heterocycles. The Morgan fingerprint density at radius 1 is 1.28 bits per heavy atom. The van der Waals surface area contributed by atoms with Crippen molar-refractivity contribution in [2.75, 3.05) is 6.54 Å². The van der Waals surface area contributed by atoms with E-state index < -0.39 is 0 Å². The molecule has 142 valence electrons. The van der Waals surface area contributed by atoms with Gasteiger partial charge in [0, 0.05) is 18.9 Å². The Bertz CT molecular complexity index is 460. The maximum Gasteiger partial charge on any atom is 0.220 e. The molecule has 2 rings (SSSR count). The van der Waals surface area contributed by atoms with E-state index >= 15 is 0 Å². The van der Waals surface area contributed by atoms with Crippen molar-refractivity contribution in [2.45, 2.75) is 83.5 Å². The number of rotatable bonds is 11. The molecule has 2 heterocycles. The lowest BCUT2D eigenvalue weighted by molar-refractivity contribution is -0.121. The molecule has 2 aliphatic heterocycles. The minimum Gasteiger partial charge on any atom is -0.389 e. The van der Waals surface area contributed by atoms with E-state index in [1.807, 2.05) is 13.0 Å².